The van der Waals surface area contributed by atoms with Crippen molar-refractivity contribution in [2.45, 2.75) is 19.0 Å². The summed E-state index contributed by atoms with van der Waals surface area (Å²) in [5, 5.41) is 3.03. The van der Waals surface area contributed by atoms with E-state index in [4.69, 9.17) is 16.3 Å². The zero-order valence-corrected chi connectivity index (χ0v) is 18.4. The van der Waals surface area contributed by atoms with Crippen LogP contribution in [0.15, 0.2) is 78.9 Å². The van der Waals surface area contributed by atoms with Gasteiger partial charge in [-0.25, -0.2) is 4.39 Å². The maximum atomic E-state index is 13.4. The highest BCUT2D eigenvalue weighted by Gasteiger charge is 2.30. The van der Waals surface area contributed by atoms with Gasteiger partial charge in [0.2, 0.25) is 5.91 Å². The van der Waals surface area contributed by atoms with Gasteiger partial charge in [-0.2, -0.15) is 0 Å². The molecule has 0 radical (unpaired) electrons. The van der Waals surface area contributed by atoms with Gasteiger partial charge in [-0.15, -0.1) is 0 Å². The lowest BCUT2D eigenvalue weighted by Gasteiger charge is -2.31. The van der Waals surface area contributed by atoms with Crippen LogP contribution < -0.4 is 10.1 Å². The summed E-state index contributed by atoms with van der Waals surface area (Å²) in [6, 6.07) is 21.3. The second kappa shape index (κ2) is 11.3. The molecule has 0 aliphatic carbocycles. The molecule has 1 atom stereocenters. The van der Waals surface area contributed by atoms with E-state index in [0.717, 1.165) is 5.56 Å². The maximum Gasteiger partial charge on any atom is 0.261 e. The minimum atomic E-state index is -0.783. The fraction of sp³-hybridized carbons (Fsp3) is 0.200. The number of likely N-dealkylation sites (N-methyl/N-ethyl adjacent to an activating group) is 1. The molecular weight excluding hydrogens is 431 g/mol. The molecule has 166 valence electrons. The minimum Gasteiger partial charge on any atom is -0.482 e. The second-order valence-electron chi connectivity index (χ2n) is 7.19. The molecule has 0 saturated carbocycles. The molecule has 0 unspecified atom stereocenters. The summed E-state index contributed by atoms with van der Waals surface area (Å²) in [6.45, 7) is -0.177. The smallest absolute Gasteiger partial charge is 0.261 e. The van der Waals surface area contributed by atoms with Gasteiger partial charge in [0.15, 0.2) is 6.61 Å². The van der Waals surface area contributed by atoms with Crippen molar-refractivity contribution < 1.29 is 18.7 Å². The van der Waals surface area contributed by atoms with Gasteiger partial charge < -0.3 is 15.0 Å². The highest BCUT2D eigenvalue weighted by atomic mass is 35.5. The molecule has 0 fully saturated rings. The zero-order valence-electron chi connectivity index (χ0n) is 17.6. The molecule has 5 nitrogen and oxygen atoms in total. The molecule has 0 bridgehead atoms. The summed E-state index contributed by atoms with van der Waals surface area (Å²) in [6.07, 6.45) is 0.319. The minimum absolute atomic E-state index is 0.121. The highest BCUT2D eigenvalue weighted by Crippen LogP contribution is 2.23. The summed E-state index contributed by atoms with van der Waals surface area (Å²) in [4.78, 5) is 27.5. The molecule has 3 aromatic carbocycles. The van der Waals surface area contributed by atoms with Crippen molar-refractivity contribution in [1.29, 1.82) is 0 Å². The van der Waals surface area contributed by atoms with E-state index in [1.807, 2.05) is 30.3 Å². The number of benzene rings is 3. The van der Waals surface area contributed by atoms with Crippen LogP contribution in [0.4, 0.5) is 4.39 Å². The number of carbonyl (C=O) groups is 2. The Morgan fingerprint density at radius 2 is 1.62 bits per heavy atom. The van der Waals surface area contributed by atoms with Crippen LogP contribution >= 0.6 is 11.6 Å². The van der Waals surface area contributed by atoms with Gasteiger partial charge in [0.1, 0.15) is 17.6 Å². The Bertz CT molecular complexity index is 1040. The number of carbonyl (C=O) groups excluding carboxylic acids is 2. The lowest BCUT2D eigenvalue weighted by molar-refractivity contribution is -0.142. The third kappa shape index (κ3) is 6.31. The summed E-state index contributed by atoms with van der Waals surface area (Å²) < 4.78 is 19.0. The molecule has 0 aliphatic heterocycles. The number of rotatable bonds is 9. The van der Waals surface area contributed by atoms with E-state index in [0.29, 0.717) is 22.8 Å². The Hall–Kier alpha value is -3.38. The number of ether oxygens (including phenoxy) is 1. The van der Waals surface area contributed by atoms with Gasteiger partial charge in [0, 0.05) is 20.0 Å². The fourth-order valence-electron chi connectivity index (χ4n) is 3.29. The highest BCUT2D eigenvalue weighted by molar-refractivity contribution is 6.32. The van der Waals surface area contributed by atoms with Crippen LogP contribution in [-0.4, -0.2) is 36.4 Å². The maximum absolute atomic E-state index is 13.4. The van der Waals surface area contributed by atoms with E-state index in [1.54, 1.807) is 36.4 Å². The third-order valence-electron chi connectivity index (χ3n) is 4.97. The standard InChI is InChI=1S/C25H24ClFN2O3/c1-28-25(31)22(15-18-7-3-2-4-8-18)29(16-19-11-13-20(27)14-12-19)24(30)17-32-23-10-6-5-9-21(23)26/h2-14,22H,15-17H2,1H3,(H,28,31)/t22-/m1/s1. The van der Waals surface area contributed by atoms with E-state index in [9.17, 15) is 14.0 Å². The molecule has 1 N–H and O–H groups in total. The van der Waals surface area contributed by atoms with Crippen molar-refractivity contribution in [3.8, 4) is 5.75 Å². The van der Waals surface area contributed by atoms with Crippen LogP contribution in [0.2, 0.25) is 5.02 Å². The fourth-order valence-corrected chi connectivity index (χ4v) is 3.48. The van der Waals surface area contributed by atoms with Gasteiger partial charge in [0.05, 0.1) is 5.02 Å². The Balaban J connectivity index is 1.87. The number of nitrogens with zero attached hydrogens (tertiary/aromatic N) is 1. The van der Waals surface area contributed by atoms with E-state index < -0.39 is 11.9 Å². The normalized spacial score (nSPS) is 11.5. The molecule has 3 aromatic rings. The lowest BCUT2D eigenvalue weighted by atomic mass is 10.0. The molecule has 0 heterocycles. The molecule has 32 heavy (non-hydrogen) atoms. The Kier molecular flexibility index (Phi) is 8.22. The molecule has 0 spiro atoms. The van der Waals surface area contributed by atoms with Gasteiger partial charge in [0.25, 0.3) is 5.91 Å². The lowest BCUT2D eigenvalue weighted by Crippen LogP contribution is -2.51. The van der Waals surface area contributed by atoms with E-state index in [-0.39, 0.29) is 24.9 Å². The summed E-state index contributed by atoms with van der Waals surface area (Å²) in [5.41, 5.74) is 1.60. The molecule has 3 rings (SSSR count). The number of amides is 2. The molecule has 0 aliphatic rings. The van der Waals surface area contributed by atoms with Crippen molar-refractivity contribution >= 4 is 23.4 Å². The third-order valence-corrected chi connectivity index (χ3v) is 5.28. The zero-order chi connectivity index (χ0) is 22.9. The van der Waals surface area contributed by atoms with Crippen LogP contribution in [0, 0.1) is 5.82 Å². The van der Waals surface area contributed by atoms with Crippen LogP contribution in [0.25, 0.3) is 0 Å². The van der Waals surface area contributed by atoms with E-state index in [2.05, 4.69) is 5.32 Å². The number of para-hydroxylation sites is 1. The van der Waals surface area contributed by atoms with Gasteiger partial charge in [-0.05, 0) is 35.4 Å². The average Bonchev–Trinajstić information content (AvgIpc) is 2.82. The van der Waals surface area contributed by atoms with Crippen LogP contribution in [0.3, 0.4) is 0 Å². The SMILES string of the molecule is CNC(=O)[C@@H](Cc1ccccc1)N(Cc1ccc(F)cc1)C(=O)COc1ccccc1Cl. The first-order valence-electron chi connectivity index (χ1n) is 10.1. The molecule has 0 saturated heterocycles. The molecule has 0 aromatic heterocycles. The van der Waals surface area contributed by atoms with Crippen molar-refractivity contribution in [2.75, 3.05) is 13.7 Å². The van der Waals surface area contributed by atoms with Gasteiger partial charge in [-0.1, -0.05) is 66.2 Å². The first kappa shape index (κ1) is 23.3. The summed E-state index contributed by atoms with van der Waals surface area (Å²) in [7, 11) is 1.53. The van der Waals surface area contributed by atoms with Crippen LogP contribution in [-0.2, 0) is 22.6 Å². The Morgan fingerprint density at radius 1 is 0.969 bits per heavy atom. The van der Waals surface area contributed by atoms with Gasteiger partial charge >= 0.3 is 0 Å². The second-order valence-corrected chi connectivity index (χ2v) is 7.59. The predicted molar refractivity (Wildman–Crippen MR) is 122 cm³/mol. The largest absolute Gasteiger partial charge is 0.482 e. The van der Waals surface area contributed by atoms with E-state index in [1.165, 1.54) is 24.1 Å². The average molecular weight is 455 g/mol. The predicted octanol–water partition coefficient (Wildman–Crippen LogP) is 4.24. The Labute approximate surface area is 191 Å². The Morgan fingerprint density at radius 3 is 2.28 bits per heavy atom. The number of hydrogen-bond acceptors (Lipinski definition) is 3. The summed E-state index contributed by atoms with van der Waals surface area (Å²) in [5.74, 6) is -0.689. The quantitative estimate of drug-likeness (QED) is 0.526. The van der Waals surface area contributed by atoms with Crippen LogP contribution in [0.5, 0.6) is 5.75 Å². The molecule has 2 amide bonds. The number of nitrogens with one attached hydrogen (secondary N) is 1. The van der Waals surface area contributed by atoms with Gasteiger partial charge in [-0.3, -0.25) is 9.59 Å². The first-order chi connectivity index (χ1) is 15.5. The first-order valence-corrected chi connectivity index (χ1v) is 10.5. The number of halogens is 2. The van der Waals surface area contributed by atoms with Crippen molar-refractivity contribution in [1.82, 2.24) is 10.2 Å². The van der Waals surface area contributed by atoms with Crippen LogP contribution in [0.1, 0.15) is 11.1 Å². The van der Waals surface area contributed by atoms with Crippen molar-refractivity contribution in [3.05, 3.63) is 101 Å². The molecular formula is C25H24ClFN2O3. The van der Waals surface area contributed by atoms with Crippen molar-refractivity contribution in [2.24, 2.45) is 0 Å². The topological polar surface area (TPSA) is 58.6 Å². The van der Waals surface area contributed by atoms with Crippen molar-refractivity contribution in [3.63, 3.8) is 0 Å². The molecule has 7 heteroatoms. The number of hydrogen-bond donors (Lipinski definition) is 1. The van der Waals surface area contributed by atoms with E-state index >= 15 is 0 Å². The summed E-state index contributed by atoms with van der Waals surface area (Å²) >= 11 is 6.13. The monoisotopic (exact) mass is 454 g/mol.